The van der Waals surface area contributed by atoms with Crippen molar-refractivity contribution >= 4 is 11.9 Å². The van der Waals surface area contributed by atoms with Gasteiger partial charge in [0, 0.05) is 13.1 Å². The Kier molecular flexibility index (Phi) is 16.4. The molecule has 2 rings (SSSR count). The Hall–Kier alpha value is -3.68. The first-order valence-electron chi connectivity index (χ1n) is 9.35. The van der Waals surface area contributed by atoms with Gasteiger partial charge in [0.05, 0.1) is 13.5 Å². The Bertz CT molecular complexity index is 797. The van der Waals surface area contributed by atoms with Crippen LogP contribution < -0.4 is 11.1 Å². The molecule has 2 aromatic carbocycles. The number of carbonyl (C=O) groups excluding carboxylic acids is 2. The number of amides is 1. The third-order valence-corrected chi connectivity index (χ3v) is 3.52. The van der Waals surface area contributed by atoms with Crippen LogP contribution in [0.25, 0.3) is 9.69 Å². The number of rotatable bonds is 7. The van der Waals surface area contributed by atoms with Crippen molar-refractivity contribution in [1.82, 2.24) is 5.32 Å². The number of methoxy groups -OCH3 is 1. The van der Waals surface area contributed by atoms with E-state index in [0.29, 0.717) is 13.1 Å². The maximum Gasteiger partial charge on any atom is 0.313 e. The number of nitrogens with one attached hydrogen (secondary N) is 1. The normalized spacial score (nSPS) is 8.67. The molecular weight excluding hydrogens is 380 g/mol. The second-order valence-electron chi connectivity index (χ2n) is 5.79. The number of hydrogen-bond donors (Lipinski definition) is 2. The molecule has 158 valence electrons. The average molecular weight is 409 g/mol. The van der Waals surface area contributed by atoms with Crippen molar-refractivity contribution in [3.63, 3.8) is 0 Å². The smallest absolute Gasteiger partial charge is 0.313 e. The predicted octanol–water partition coefficient (Wildman–Crippen LogP) is 3.23. The standard InChI is InChI=1S/C11H12N2O.C7H9N.C5H7NO2/c1-12-8-7-11(14)13-9-10-5-3-2-4-6-10;8-6-7-4-2-1-3-5-7;1-6-4-3-5(7)8-2/h2-6H,7-9H2,(H,13,14);1-5H,6,8H2;3-4H2,2H3. The molecule has 0 fully saturated rings. The van der Waals surface area contributed by atoms with Crippen molar-refractivity contribution in [3.05, 3.63) is 94.6 Å². The van der Waals surface area contributed by atoms with E-state index in [9.17, 15) is 9.59 Å². The van der Waals surface area contributed by atoms with Crippen LogP contribution in [-0.4, -0.2) is 32.1 Å². The zero-order chi connectivity index (χ0) is 22.5. The largest absolute Gasteiger partial charge is 0.469 e. The van der Waals surface area contributed by atoms with E-state index in [1.165, 1.54) is 12.7 Å². The van der Waals surface area contributed by atoms with Gasteiger partial charge in [-0.15, -0.1) is 0 Å². The summed E-state index contributed by atoms with van der Waals surface area (Å²) in [6.45, 7) is 14.5. The first-order valence-corrected chi connectivity index (χ1v) is 9.35. The predicted molar refractivity (Wildman–Crippen MR) is 117 cm³/mol. The van der Waals surface area contributed by atoms with Gasteiger partial charge in [0.25, 0.3) is 0 Å². The SMILES string of the molecule is NCc1ccccc1.[C-]#[N+]CCC(=O)NCc1ccccc1.[C-]#[N+]CCC(=O)OC. The van der Waals surface area contributed by atoms with Crippen LogP contribution in [0.3, 0.4) is 0 Å². The minimum absolute atomic E-state index is 0.0650. The van der Waals surface area contributed by atoms with Gasteiger partial charge in [-0.2, -0.15) is 0 Å². The molecule has 0 bridgehead atoms. The molecule has 0 saturated carbocycles. The van der Waals surface area contributed by atoms with E-state index in [4.69, 9.17) is 18.9 Å². The fourth-order valence-corrected chi connectivity index (χ4v) is 1.91. The lowest BCUT2D eigenvalue weighted by atomic mass is 10.2. The fourth-order valence-electron chi connectivity index (χ4n) is 1.91. The third-order valence-electron chi connectivity index (χ3n) is 3.52. The molecule has 7 heteroatoms. The topological polar surface area (TPSA) is 90.1 Å². The maximum atomic E-state index is 11.1. The monoisotopic (exact) mass is 408 g/mol. The molecule has 0 unspecified atom stereocenters. The van der Waals surface area contributed by atoms with E-state index in [-0.39, 0.29) is 37.8 Å². The molecule has 0 aliphatic carbocycles. The van der Waals surface area contributed by atoms with Gasteiger partial charge >= 0.3 is 5.97 Å². The Labute approximate surface area is 178 Å². The Morgan fingerprint density at radius 2 is 1.40 bits per heavy atom. The third kappa shape index (κ3) is 15.4. The summed E-state index contributed by atoms with van der Waals surface area (Å²) in [6, 6.07) is 19.7. The Morgan fingerprint density at radius 3 is 1.83 bits per heavy atom. The van der Waals surface area contributed by atoms with Gasteiger partial charge in [-0.3, -0.25) is 9.59 Å². The first-order chi connectivity index (χ1) is 14.6. The summed E-state index contributed by atoms with van der Waals surface area (Å²) >= 11 is 0. The van der Waals surface area contributed by atoms with E-state index >= 15 is 0 Å². The van der Waals surface area contributed by atoms with E-state index < -0.39 is 0 Å². The van der Waals surface area contributed by atoms with Crippen molar-refractivity contribution < 1.29 is 14.3 Å². The summed E-state index contributed by atoms with van der Waals surface area (Å²) in [5, 5.41) is 2.75. The molecule has 0 atom stereocenters. The van der Waals surface area contributed by atoms with Crippen molar-refractivity contribution in [2.75, 3.05) is 20.2 Å². The fraction of sp³-hybridized carbons (Fsp3) is 0.304. The number of nitrogens with two attached hydrogens (primary N) is 1. The lowest BCUT2D eigenvalue weighted by Crippen LogP contribution is -2.22. The molecule has 0 radical (unpaired) electrons. The van der Waals surface area contributed by atoms with Crippen LogP contribution in [0.1, 0.15) is 24.0 Å². The van der Waals surface area contributed by atoms with E-state index in [0.717, 1.165) is 5.56 Å². The highest BCUT2D eigenvalue weighted by atomic mass is 16.5. The lowest BCUT2D eigenvalue weighted by molar-refractivity contribution is -0.140. The minimum atomic E-state index is -0.319. The van der Waals surface area contributed by atoms with Gasteiger partial charge in [-0.05, 0) is 11.1 Å². The Morgan fingerprint density at radius 1 is 0.900 bits per heavy atom. The lowest BCUT2D eigenvalue weighted by Gasteiger charge is -2.02. The van der Waals surface area contributed by atoms with E-state index in [1.807, 2.05) is 60.7 Å². The van der Waals surface area contributed by atoms with Gasteiger partial charge in [0.1, 0.15) is 6.42 Å². The molecule has 0 aliphatic heterocycles. The number of carbonyl (C=O) groups is 2. The summed E-state index contributed by atoms with van der Waals surface area (Å²) in [7, 11) is 1.31. The van der Waals surface area contributed by atoms with Crippen LogP contribution in [0.5, 0.6) is 0 Å². The molecule has 0 aromatic heterocycles. The number of benzene rings is 2. The summed E-state index contributed by atoms with van der Waals surface area (Å²) in [5.41, 5.74) is 7.61. The van der Waals surface area contributed by atoms with Gasteiger partial charge < -0.3 is 25.5 Å². The molecular formula is C23H28N4O3. The molecule has 0 saturated heterocycles. The van der Waals surface area contributed by atoms with E-state index in [2.05, 4.69) is 19.7 Å². The van der Waals surface area contributed by atoms with Crippen LogP contribution in [-0.2, 0) is 27.4 Å². The molecule has 7 nitrogen and oxygen atoms in total. The quantitative estimate of drug-likeness (QED) is 0.544. The molecule has 30 heavy (non-hydrogen) atoms. The minimum Gasteiger partial charge on any atom is -0.469 e. The van der Waals surface area contributed by atoms with Crippen LogP contribution >= 0.6 is 0 Å². The highest BCUT2D eigenvalue weighted by Crippen LogP contribution is 1.97. The second kappa shape index (κ2) is 18.7. The van der Waals surface area contributed by atoms with E-state index in [1.54, 1.807) is 0 Å². The van der Waals surface area contributed by atoms with Crippen molar-refractivity contribution in [2.24, 2.45) is 5.73 Å². The second-order valence-corrected chi connectivity index (χ2v) is 5.79. The molecule has 0 aliphatic rings. The van der Waals surface area contributed by atoms with Crippen LogP contribution in [0, 0.1) is 13.1 Å². The van der Waals surface area contributed by atoms with Crippen LogP contribution in [0.4, 0.5) is 0 Å². The zero-order valence-corrected chi connectivity index (χ0v) is 17.2. The summed E-state index contributed by atoms with van der Waals surface area (Å²) < 4.78 is 4.27. The van der Waals surface area contributed by atoms with Crippen molar-refractivity contribution in [3.8, 4) is 0 Å². The Balaban J connectivity index is 0.000000451. The molecule has 3 N–H and O–H groups in total. The molecule has 2 aromatic rings. The number of hydrogen-bond acceptors (Lipinski definition) is 4. The number of esters is 1. The van der Waals surface area contributed by atoms with Gasteiger partial charge in [-0.25, -0.2) is 13.1 Å². The highest BCUT2D eigenvalue weighted by molar-refractivity contribution is 5.76. The summed E-state index contributed by atoms with van der Waals surface area (Å²) in [6.07, 6.45) is 0.496. The van der Waals surface area contributed by atoms with Gasteiger partial charge in [0.15, 0.2) is 0 Å². The number of ether oxygens (including phenoxy) is 1. The molecule has 0 heterocycles. The van der Waals surface area contributed by atoms with Crippen molar-refractivity contribution in [2.45, 2.75) is 25.9 Å². The summed E-state index contributed by atoms with van der Waals surface area (Å²) in [5.74, 6) is -0.383. The molecule has 1 amide bonds. The average Bonchev–Trinajstić information content (AvgIpc) is 2.81. The maximum absolute atomic E-state index is 11.1. The zero-order valence-electron chi connectivity index (χ0n) is 17.2. The van der Waals surface area contributed by atoms with Crippen LogP contribution in [0.15, 0.2) is 60.7 Å². The summed E-state index contributed by atoms with van der Waals surface area (Å²) in [4.78, 5) is 27.4. The van der Waals surface area contributed by atoms with Gasteiger partial charge in [-0.1, -0.05) is 60.7 Å². The first kappa shape index (κ1) is 26.3. The van der Waals surface area contributed by atoms with Gasteiger partial charge in [0.2, 0.25) is 19.0 Å². The van der Waals surface area contributed by atoms with Crippen LogP contribution in [0.2, 0.25) is 0 Å². The van der Waals surface area contributed by atoms with Crippen molar-refractivity contribution in [1.29, 1.82) is 0 Å². The molecule has 0 spiro atoms. The number of nitrogens with zero attached hydrogens (tertiary/aromatic N) is 2. The highest BCUT2D eigenvalue weighted by Gasteiger charge is 2.01.